The second kappa shape index (κ2) is 9.97. The van der Waals surface area contributed by atoms with Gasteiger partial charge in [0.05, 0.1) is 16.6 Å². The molecule has 3 aromatic carbocycles. The number of carboxylic acids is 1. The summed E-state index contributed by atoms with van der Waals surface area (Å²) in [5.74, 6) is -0.182. The molecule has 0 radical (unpaired) electrons. The van der Waals surface area contributed by atoms with Gasteiger partial charge in [0.1, 0.15) is 22.9 Å². The number of nitrogens with zero attached hydrogens (tertiary/aromatic N) is 4. The Labute approximate surface area is 220 Å². The van der Waals surface area contributed by atoms with Gasteiger partial charge in [0, 0.05) is 24.5 Å². The molecule has 0 amide bonds. The van der Waals surface area contributed by atoms with Crippen LogP contribution in [0.1, 0.15) is 25.1 Å². The summed E-state index contributed by atoms with van der Waals surface area (Å²) in [5, 5.41) is 13.5. The van der Waals surface area contributed by atoms with Crippen molar-refractivity contribution >= 4 is 28.0 Å². The molecule has 0 spiro atoms. The zero-order chi connectivity index (χ0) is 26.9. The Hall–Kier alpha value is -5.12. The molecular weight excluding hydrogens is 503 g/mol. The monoisotopic (exact) mass is 524 g/mol. The van der Waals surface area contributed by atoms with Crippen molar-refractivity contribution < 1.29 is 23.2 Å². The van der Waals surface area contributed by atoms with Crippen LogP contribution < -0.4 is 5.56 Å². The van der Waals surface area contributed by atoms with Gasteiger partial charge in [0.25, 0.3) is 11.4 Å². The molecule has 0 aliphatic heterocycles. The molecule has 6 rings (SSSR count). The summed E-state index contributed by atoms with van der Waals surface area (Å²) >= 11 is 0. The fourth-order valence-corrected chi connectivity index (χ4v) is 4.46. The summed E-state index contributed by atoms with van der Waals surface area (Å²) in [4.78, 5) is 33.7. The summed E-state index contributed by atoms with van der Waals surface area (Å²) in [6, 6.07) is 19.8. The number of aliphatic carboxylic acids is 1. The standard InChI is InChI=1S/C29H21FN4O5/c30-18-10-12-19(13-11-18)34-26(7-3-4-8-27(35)36)31-23-15-17(9-14-20(23)29(34)37)22-16-25(39-33-22)28-32-21-5-1-2-6-24(21)38-28/h1-2,5-6,9-16H,3-4,7-8H2,(H,35,36). The van der Waals surface area contributed by atoms with Crippen LogP contribution in [0, 0.1) is 5.82 Å². The zero-order valence-corrected chi connectivity index (χ0v) is 20.5. The highest BCUT2D eigenvalue weighted by Crippen LogP contribution is 2.29. The summed E-state index contributed by atoms with van der Waals surface area (Å²) in [6.45, 7) is 0. The number of hydrogen-bond acceptors (Lipinski definition) is 7. The number of carbonyl (C=O) groups is 1. The fraction of sp³-hybridized carbons (Fsp3) is 0.138. The lowest BCUT2D eigenvalue weighted by Crippen LogP contribution is -2.24. The first kappa shape index (κ1) is 24.2. The molecule has 9 nitrogen and oxygen atoms in total. The van der Waals surface area contributed by atoms with Gasteiger partial charge in [0.2, 0.25) is 5.76 Å². The summed E-state index contributed by atoms with van der Waals surface area (Å²) in [6.07, 6.45) is 1.34. The van der Waals surface area contributed by atoms with Gasteiger partial charge in [-0.2, -0.15) is 0 Å². The Morgan fingerprint density at radius 1 is 0.949 bits per heavy atom. The van der Waals surface area contributed by atoms with Crippen molar-refractivity contribution in [3.8, 4) is 28.6 Å². The molecule has 0 atom stereocenters. The minimum absolute atomic E-state index is 0.0209. The van der Waals surface area contributed by atoms with Crippen LogP contribution in [0.4, 0.5) is 4.39 Å². The molecule has 0 unspecified atom stereocenters. The van der Waals surface area contributed by atoms with E-state index in [4.69, 9.17) is 19.0 Å². The van der Waals surface area contributed by atoms with Crippen LogP contribution in [0.3, 0.4) is 0 Å². The van der Waals surface area contributed by atoms with Crippen LogP contribution in [-0.2, 0) is 11.2 Å². The largest absolute Gasteiger partial charge is 0.481 e. The Morgan fingerprint density at radius 2 is 1.77 bits per heavy atom. The van der Waals surface area contributed by atoms with E-state index in [2.05, 4.69) is 10.1 Å². The molecule has 194 valence electrons. The quantitative estimate of drug-likeness (QED) is 0.248. The van der Waals surface area contributed by atoms with Gasteiger partial charge < -0.3 is 14.0 Å². The summed E-state index contributed by atoms with van der Waals surface area (Å²) in [5.41, 5.74) is 3.16. The van der Waals surface area contributed by atoms with E-state index in [1.165, 1.54) is 28.8 Å². The highest BCUT2D eigenvalue weighted by molar-refractivity contribution is 5.84. The number of halogens is 1. The Balaban J connectivity index is 1.39. The Kier molecular flexibility index (Phi) is 6.20. The molecule has 39 heavy (non-hydrogen) atoms. The van der Waals surface area contributed by atoms with Gasteiger partial charge in [-0.1, -0.05) is 23.4 Å². The van der Waals surface area contributed by atoms with E-state index in [0.717, 1.165) is 0 Å². The van der Waals surface area contributed by atoms with E-state index in [1.54, 1.807) is 24.3 Å². The van der Waals surface area contributed by atoms with E-state index in [1.807, 2.05) is 24.3 Å². The first-order valence-electron chi connectivity index (χ1n) is 12.3. The van der Waals surface area contributed by atoms with E-state index in [9.17, 15) is 14.0 Å². The van der Waals surface area contributed by atoms with Crippen LogP contribution in [0.2, 0.25) is 0 Å². The molecular formula is C29H21FN4O5. The zero-order valence-electron chi connectivity index (χ0n) is 20.5. The van der Waals surface area contributed by atoms with Gasteiger partial charge in [-0.05, 0) is 61.4 Å². The van der Waals surface area contributed by atoms with Crippen LogP contribution in [0.15, 0.2) is 86.5 Å². The smallest absolute Gasteiger partial charge is 0.303 e. The van der Waals surface area contributed by atoms with E-state index < -0.39 is 11.8 Å². The average molecular weight is 525 g/mol. The second-order valence-electron chi connectivity index (χ2n) is 9.04. The van der Waals surface area contributed by atoms with Crippen LogP contribution in [0.25, 0.3) is 50.6 Å². The maximum Gasteiger partial charge on any atom is 0.303 e. The highest BCUT2D eigenvalue weighted by Gasteiger charge is 2.17. The molecule has 0 aliphatic rings. The van der Waals surface area contributed by atoms with Crippen molar-refractivity contribution in [2.24, 2.45) is 0 Å². The van der Waals surface area contributed by atoms with Gasteiger partial charge in [-0.3, -0.25) is 14.2 Å². The predicted molar refractivity (Wildman–Crippen MR) is 141 cm³/mol. The number of aromatic nitrogens is 4. The maximum absolute atomic E-state index is 13.6. The third-order valence-electron chi connectivity index (χ3n) is 6.38. The Morgan fingerprint density at radius 3 is 2.56 bits per heavy atom. The van der Waals surface area contributed by atoms with Gasteiger partial charge in [-0.25, -0.2) is 14.4 Å². The predicted octanol–water partition coefficient (Wildman–Crippen LogP) is 5.79. The molecule has 0 saturated heterocycles. The number of oxazole rings is 1. The van der Waals surface area contributed by atoms with Crippen LogP contribution in [0.5, 0.6) is 0 Å². The van der Waals surface area contributed by atoms with Crippen molar-refractivity contribution in [1.29, 1.82) is 0 Å². The number of unbranched alkanes of at least 4 members (excludes halogenated alkanes) is 1. The van der Waals surface area contributed by atoms with E-state index >= 15 is 0 Å². The van der Waals surface area contributed by atoms with Crippen LogP contribution >= 0.6 is 0 Å². The number of para-hydroxylation sites is 2. The van der Waals surface area contributed by atoms with Gasteiger partial charge in [0.15, 0.2) is 5.58 Å². The number of hydrogen-bond donors (Lipinski definition) is 1. The molecule has 10 heteroatoms. The molecule has 1 N–H and O–H groups in total. The summed E-state index contributed by atoms with van der Waals surface area (Å²) < 4.78 is 26.3. The minimum atomic E-state index is -0.883. The van der Waals surface area contributed by atoms with Gasteiger partial charge >= 0.3 is 5.97 Å². The molecule has 6 aromatic rings. The molecule has 0 fully saturated rings. The van der Waals surface area contributed by atoms with Crippen molar-refractivity contribution in [3.05, 3.63) is 94.8 Å². The number of fused-ring (bicyclic) bond motifs is 2. The highest BCUT2D eigenvalue weighted by atomic mass is 19.1. The van der Waals surface area contributed by atoms with Crippen LogP contribution in [-0.4, -0.2) is 30.8 Å². The van der Waals surface area contributed by atoms with E-state index in [0.29, 0.717) is 75.7 Å². The first-order valence-corrected chi connectivity index (χ1v) is 12.3. The molecule has 3 aromatic heterocycles. The number of carboxylic acid groups (broad SMARTS) is 1. The van der Waals surface area contributed by atoms with E-state index in [-0.39, 0.29) is 12.0 Å². The molecule has 0 aliphatic carbocycles. The molecule has 0 bridgehead atoms. The normalized spacial score (nSPS) is 11.4. The Bertz CT molecular complexity index is 1860. The number of aryl methyl sites for hydroxylation is 1. The van der Waals surface area contributed by atoms with Crippen molar-refractivity contribution in [2.75, 3.05) is 0 Å². The third-order valence-corrected chi connectivity index (χ3v) is 6.38. The topological polar surface area (TPSA) is 124 Å². The number of benzene rings is 3. The molecule has 0 saturated carbocycles. The lowest BCUT2D eigenvalue weighted by atomic mass is 10.1. The number of rotatable bonds is 8. The first-order chi connectivity index (χ1) is 19.0. The minimum Gasteiger partial charge on any atom is -0.481 e. The van der Waals surface area contributed by atoms with Crippen molar-refractivity contribution in [1.82, 2.24) is 19.7 Å². The lowest BCUT2D eigenvalue weighted by Gasteiger charge is -2.14. The fourth-order valence-electron chi connectivity index (χ4n) is 4.46. The maximum atomic E-state index is 13.6. The van der Waals surface area contributed by atoms with Crippen molar-refractivity contribution in [3.63, 3.8) is 0 Å². The third kappa shape index (κ3) is 4.79. The summed E-state index contributed by atoms with van der Waals surface area (Å²) in [7, 11) is 0. The average Bonchev–Trinajstić information content (AvgIpc) is 3.59. The SMILES string of the molecule is O=C(O)CCCCc1nc2cc(-c3cc(-c4nc5ccccc5o4)on3)ccc2c(=O)n1-c1ccc(F)cc1. The second-order valence-corrected chi connectivity index (χ2v) is 9.04. The molecule has 3 heterocycles. The van der Waals surface area contributed by atoms with Crippen molar-refractivity contribution in [2.45, 2.75) is 25.7 Å². The lowest BCUT2D eigenvalue weighted by molar-refractivity contribution is -0.137. The van der Waals surface area contributed by atoms with Gasteiger partial charge in [-0.15, -0.1) is 0 Å².